The van der Waals surface area contributed by atoms with Crippen LogP contribution < -0.4 is 10.6 Å². The second-order valence-electron chi connectivity index (χ2n) is 4.55. The van der Waals surface area contributed by atoms with Gasteiger partial charge in [-0.1, -0.05) is 36.8 Å². The average Bonchev–Trinajstić information content (AvgIpc) is 2.45. The normalized spacial score (nSPS) is 10.2. The minimum Gasteiger partial charge on any atom is -0.370 e. The van der Waals surface area contributed by atoms with Gasteiger partial charge in [-0.3, -0.25) is 0 Å². The number of anilines is 2. The fraction of sp³-hybridized carbons (Fsp3) is 0.333. The Kier molecular flexibility index (Phi) is 4.72. The van der Waals surface area contributed by atoms with E-state index in [1.54, 1.807) is 6.33 Å². The van der Waals surface area contributed by atoms with E-state index in [1.807, 2.05) is 6.07 Å². The molecule has 1 aromatic heterocycles. The summed E-state index contributed by atoms with van der Waals surface area (Å²) in [6.45, 7) is 5.91. The lowest BCUT2D eigenvalue weighted by Gasteiger charge is -2.08. The molecule has 0 unspecified atom stereocenters. The van der Waals surface area contributed by atoms with E-state index in [1.165, 1.54) is 11.1 Å². The average molecular weight is 256 g/mol. The van der Waals surface area contributed by atoms with Crippen LogP contribution in [0.1, 0.15) is 24.5 Å². The third-order valence-corrected chi connectivity index (χ3v) is 2.82. The number of benzene rings is 1. The maximum Gasteiger partial charge on any atom is 0.131 e. The first-order chi connectivity index (χ1) is 9.28. The summed E-state index contributed by atoms with van der Waals surface area (Å²) in [5.74, 6) is 1.71. The van der Waals surface area contributed by atoms with Crippen molar-refractivity contribution in [3.63, 3.8) is 0 Å². The van der Waals surface area contributed by atoms with Crippen molar-refractivity contribution in [3.05, 3.63) is 47.8 Å². The van der Waals surface area contributed by atoms with Crippen molar-refractivity contribution in [1.29, 1.82) is 0 Å². The molecule has 0 spiro atoms. The van der Waals surface area contributed by atoms with E-state index in [0.29, 0.717) is 0 Å². The van der Waals surface area contributed by atoms with Gasteiger partial charge < -0.3 is 10.6 Å². The molecule has 0 fully saturated rings. The van der Waals surface area contributed by atoms with Crippen molar-refractivity contribution in [2.75, 3.05) is 17.2 Å². The number of aryl methyl sites for hydroxylation is 1. The first kappa shape index (κ1) is 13.3. The monoisotopic (exact) mass is 256 g/mol. The van der Waals surface area contributed by atoms with Crippen molar-refractivity contribution in [2.45, 2.75) is 26.8 Å². The Hall–Kier alpha value is -2.10. The highest BCUT2D eigenvalue weighted by Gasteiger charge is 1.98. The smallest absolute Gasteiger partial charge is 0.131 e. The zero-order valence-electron chi connectivity index (χ0n) is 11.5. The van der Waals surface area contributed by atoms with E-state index in [-0.39, 0.29) is 0 Å². The van der Waals surface area contributed by atoms with Gasteiger partial charge in [-0.15, -0.1) is 0 Å². The van der Waals surface area contributed by atoms with Gasteiger partial charge in [0, 0.05) is 19.2 Å². The highest BCUT2D eigenvalue weighted by molar-refractivity contribution is 5.46. The summed E-state index contributed by atoms with van der Waals surface area (Å²) < 4.78 is 0. The summed E-state index contributed by atoms with van der Waals surface area (Å²) in [6.07, 6.45) is 2.66. The minimum absolute atomic E-state index is 0.768. The van der Waals surface area contributed by atoms with Crippen molar-refractivity contribution < 1.29 is 0 Å². The maximum atomic E-state index is 4.22. The van der Waals surface area contributed by atoms with E-state index < -0.39 is 0 Å². The third kappa shape index (κ3) is 4.25. The molecule has 19 heavy (non-hydrogen) atoms. The number of aromatic nitrogens is 2. The number of nitrogens with zero attached hydrogens (tertiary/aromatic N) is 2. The molecule has 0 bridgehead atoms. The van der Waals surface area contributed by atoms with Crippen LogP contribution in [0.2, 0.25) is 0 Å². The zero-order chi connectivity index (χ0) is 13.5. The summed E-state index contributed by atoms with van der Waals surface area (Å²) >= 11 is 0. The number of rotatable bonds is 6. The summed E-state index contributed by atoms with van der Waals surface area (Å²) in [4.78, 5) is 8.40. The zero-order valence-corrected chi connectivity index (χ0v) is 11.5. The Morgan fingerprint density at radius 3 is 2.37 bits per heavy atom. The Balaban J connectivity index is 1.93. The van der Waals surface area contributed by atoms with Gasteiger partial charge in [-0.25, -0.2) is 9.97 Å². The third-order valence-electron chi connectivity index (χ3n) is 2.82. The van der Waals surface area contributed by atoms with Gasteiger partial charge in [0.1, 0.15) is 18.0 Å². The molecule has 0 radical (unpaired) electrons. The van der Waals surface area contributed by atoms with Gasteiger partial charge in [0.15, 0.2) is 0 Å². The first-order valence-electron chi connectivity index (χ1n) is 6.63. The predicted molar refractivity (Wildman–Crippen MR) is 79.3 cm³/mol. The number of hydrogen-bond acceptors (Lipinski definition) is 4. The lowest BCUT2D eigenvalue weighted by molar-refractivity contribution is 0.963. The molecule has 1 aromatic carbocycles. The molecule has 4 nitrogen and oxygen atoms in total. The summed E-state index contributed by atoms with van der Waals surface area (Å²) in [6, 6.07) is 10.4. The highest BCUT2D eigenvalue weighted by atomic mass is 15.1. The molecule has 0 aliphatic heterocycles. The van der Waals surface area contributed by atoms with Gasteiger partial charge in [0.05, 0.1) is 0 Å². The van der Waals surface area contributed by atoms with Crippen LogP contribution in [0, 0.1) is 6.92 Å². The number of nitrogens with one attached hydrogen (secondary N) is 2. The molecule has 0 saturated heterocycles. The molecule has 4 heteroatoms. The Labute approximate surface area is 114 Å². The molecule has 1 heterocycles. The quantitative estimate of drug-likeness (QED) is 0.833. The topological polar surface area (TPSA) is 49.8 Å². The van der Waals surface area contributed by atoms with Crippen molar-refractivity contribution in [3.8, 4) is 0 Å². The van der Waals surface area contributed by atoms with Crippen LogP contribution in [0.3, 0.4) is 0 Å². The van der Waals surface area contributed by atoms with Crippen LogP contribution in [-0.4, -0.2) is 16.5 Å². The molecule has 0 aliphatic carbocycles. The van der Waals surface area contributed by atoms with E-state index in [2.05, 4.69) is 58.7 Å². The van der Waals surface area contributed by atoms with E-state index in [0.717, 1.165) is 31.1 Å². The molecular weight excluding hydrogens is 236 g/mol. The van der Waals surface area contributed by atoms with E-state index in [9.17, 15) is 0 Å². The molecule has 0 saturated carbocycles. The maximum absolute atomic E-state index is 4.22. The second-order valence-corrected chi connectivity index (χ2v) is 4.55. The van der Waals surface area contributed by atoms with Gasteiger partial charge in [0.2, 0.25) is 0 Å². The predicted octanol–water partition coefficient (Wildman–Crippen LogP) is 3.22. The second kappa shape index (κ2) is 6.73. The molecule has 0 aliphatic rings. The molecule has 2 rings (SSSR count). The van der Waals surface area contributed by atoms with Crippen molar-refractivity contribution in [1.82, 2.24) is 9.97 Å². The highest BCUT2D eigenvalue weighted by Crippen LogP contribution is 2.10. The Bertz CT molecular complexity index is 508. The SMILES string of the molecule is CCCNc1cc(NCc2ccc(C)cc2)ncn1. The van der Waals surface area contributed by atoms with Crippen molar-refractivity contribution >= 4 is 11.6 Å². The van der Waals surface area contributed by atoms with Crippen LogP contribution in [0.25, 0.3) is 0 Å². The molecule has 2 aromatic rings. The molecule has 100 valence electrons. The lowest BCUT2D eigenvalue weighted by atomic mass is 10.1. The summed E-state index contributed by atoms with van der Waals surface area (Å²) in [7, 11) is 0. The minimum atomic E-state index is 0.768. The Morgan fingerprint density at radius 2 is 1.68 bits per heavy atom. The largest absolute Gasteiger partial charge is 0.370 e. The lowest BCUT2D eigenvalue weighted by Crippen LogP contribution is -2.05. The summed E-state index contributed by atoms with van der Waals surface area (Å²) in [5, 5.41) is 6.56. The first-order valence-corrected chi connectivity index (χ1v) is 6.63. The van der Waals surface area contributed by atoms with Crippen LogP contribution in [-0.2, 0) is 6.54 Å². The fourth-order valence-electron chi connectivity index (χ4n) is 1.70. The molecular formula is C15H20N4. The van der Waals surface area contributed by atoms with Crippen LogP contribution in [0.4, 0.5) is 11.6 Å². The van der Waals surface area contributed by atoms with E-state index >= 15 is 0 Å². The van der Waals surface area contributed by atoms with Gasteiger partial charge >= 0.3 is 0 Å². The van der Waals surface area contributed by atoms with Crippen molar-refractivity contribution in [2.24, 2.45) is 0 Å². The van der Waals surface area contributed by atoms with Crippen LogP contribution in [0.15, 0.2) is 36.7 Å². The molecule has 0 amide bonds. The van der Waals surface area contributed by atoms with Crippen LogP contribution >= 0.6 is 0 Å². The Morgan fingerprint density at radius 1 is 1.00 bits per heavy atom. The van der Waals surface area contributed by atoms with Gasteiger partial charge in [-0.05, 0) is 18.9 Å². The fourth-order valence-corrected chi connectivity index (χ4v) is 1.70. The molecule has 0 atom stereocenters. The molecule has 2 N–H and O–H groups in total. The number of hydrogen-bond donors (Lipinski definition) is 2. The van der Waals surface area contributed by atoms with Gasteiger partial charge in [0.25, 0.3) is 0 Å². The summed E-state index contributed by atoms with van der Waals surface area (Å²) in [5.41, 5.74) is 2.52. The van der Waals surface area contributed by atoms with Gasteiger partial charge in [-0.2, -0.15) is 0 Å². The van der Waals surface area contributed by atoms with Crippen LogP contribution in [0.5, 0.6) is 0 Å². The van der Waals surface area contributed by atoms with E-state index in [4.69, 9.17) is 0 Å². The standard InChI is InChI=1S/C15H20N4/c1-3-8-16-14-9-15(19-11-18-14)17-10-13-6-4-12(2)5-7-13/h4-7,9,11H,3,8,10H2,1-2H3,(H2,16,17,18,19).